The van der Waals surface area contributed by atoms with Gasteiger partial charge in [0.25, 0.3) is 0 Å². The van der Waals surface area contributed by atoms with E-state index < -0.39 is 12.4 Å². The molecule has 1 heterocycles. The lowest BCUT2D eigenvalue weighted by Gasteiger charge is -2.30. The van der Waals surface area contributed by atoms with Gasteiger partial charge in [-0.3, -0.25) is 4.72 Å². The molecule has 0 spiro atoms. The van der Waals surface area contributed by atoms with Crippen molar-refractivity contribution in [1.29, 1.82) is 5.26 Å². The van der Waals surface area contributed by atoms with Gasteiger partial charge in [0, 0.05) is 38.2 Å². The Hall–Kier alpha value is -1.56. The zero-order valence-corrected chi connectivity index (χ0v) is 17.5. The molecule has 1 fully saturated rings. The Labute approximate surface area is 172 Å². The number of aliphatic hydroxyl groups excluding tert-OH is 2. The SMILES string of the molecule is CCCN(CCC)c1ccc(/C=C(\C#N)SNCC2CC(O)CC(O)O2)cc1. The first-order valence-electron chi connectivity index (χ1n) is 9.93. The second kappa shape index (κ2) is 12.1. The van der Waals surface area contributed by atoms with Crippen LogP contribution in [0.15, 0.2) is 29.2 Å². The largest absolute Gasteiger partial charge is 0.393 e. The second-order valence-electron chi connectivity index (χ2n) is 6.99. The molecule has 3 unspecified atom stereocenters. The Morgan fingerprint density at radius 3 is 2.50 bits per heavy atom. The normalized spacial score (nSPS) is 22.7. The van der Waals surface area contributed by atoms with E-state index in [1.165, 1.54) is 17.6 Å². The lowest BCUT2D eigenvalue weighted by molar-refractivity contribution is -0.186. The number of rotatable bonds is 10. The summed E-state index contributed by atoms with van der Waals surface area (Å²) in [5, 5.41) is 28.6. The van der Waals surface area contributed by atoms with Crippen molar-refractivity contribution < 1.29 is 14.9 Å². The molecule has 7 heteroatoms. The summed E-state index contributed by atoms with van der Waals surface area (Å²) in [5.41, 5.74) is 2.18. The fourth-order valence-electron chi connectivity index (χ4n) is 3.24. The smallest absolute Gasteiger partial charge is 0.157 e. The van der Waals surface area contributed by atoms with Crippen LogP contribution < -0.4 is 9.62 Å². The maximum atomic E-state index is 9.69. The summed E-state index contributed by atoms with van der Waals surface area (Å²) in [6.07, 6.45) is 3.05. The van der Waals surface area contributed by atoms with Gasteiger partial charge < -0.3 is 19.8 Å². The summed E-state index contributed by atoms with van der Waals surface area (Å²) in [5.74, 6) is 0. The van der Waals surface area contributed by atoms with Gasteiger partial charge in [0.2, 0.25) is 0 Å². The minimum Gasteiger partial charge on any atom is -0.393 e. The minimum atomic E-state index is -0.926. The van der Waals surface area contributed by atoms with E-state index in [9.17, 15) is 15.5 Å². The van der Waals surface area contributed by atoms with Crippen molar-refractivity contribution in [3.8, 4) is 6.07 Å². The number of allylic oxidation sites excluding steroid dienone is 1. The van der Waals surface area contributed by atoms with Crippen molar-refractivity contribution >= 4 is 23.7 Å². The van der Waals surface area contributed by atoms with E-state index in [0.717, 1.165) is 31.5 Å². The van der Waals surface area contributed by atoms with Crippen molar-refractivity contribution in [3.63, 3.8) is 0 Å². The number of ether oxygens (including phenoxy) is 1. The van der Waals surface area contributed by atoms with E-state index in [2.05, 4.69) is 41.7 Å². The number of anilines is 1. The molecular formula is C21H31N3O3S. The molecule has 0 saturated carbocycles. The molecular weight excluding hydrogens is 374 g/mol. The highest BCUT2D eigenvalue weighted by Gasteiger charge is 2.26. The van der Waals surface area contributed by atoms with Crippen molar-refractivity contribution in [2.24, 2.45) is 0 Å². The molecule has 0 aliphatic carbocycles. The Bertz CT molecular complexity index is 644. The zero-order chi connectivity index (χ0) is 20.4. The predicted octanol–water partition coefficient (Wildman–Crippen LogP) is 3.27. The first-order valence-corrected chi connectivity index (χ1v) is 10.7. The molecule has 0 amide bonds. The molecule has 3 atom stereocenters. The van der Waals surface area contributed by atoms with Gasteiger partial charge in [0.15, 0.2) is 6.29 Å². The summed E-state index contributed by atoms with van der Waals surface area (Å²) in [4.78, 5) is 2.92. The van der Waals surface area contributed by atoms with Crippen LogP contribution in [-0.2, 0) is 4.74 Å². The summed E-state index contributed by atoms with van der Waals surface area (Å²) < 4.78 is 8.48. The van der Waals surface area contributed by atoms with Gasteiger partial charge in [-0.2, -0.15) is 5.26 Å². The Morgan fingerprint density at radius 1 is 1.25 bits per heavy atom. The van der Waals surface area contributed by atoms with Gasteiger partial charge in [-0.1, -0.05) is 26.0 Å². The number of nitrogens with zero attached hydrogens (tertiary/aromatic N) is 2. The quantitative estimate of drug-likeness (QED) is 0.407. The number of benzene rings is 1. The highest BCUT2D eigenvalue weighted by atomic mass is 32.2. The maximum absolute atomic E-state index is 9.69. The average Bonchev–Trinajstić information content (AvgIpc) is 2.67. The van der Waals surface area contributed by atoms with Crippen LogP contribution in [0.5, 0.6) is 0 Å². The van der Waals surface area contributed by atoms with Crippen LogP contribution in [0, 0.1) is 11.3 Å². The topological polar surface area (TPSA) is 88.8 Å². The lowest BCUT2D eigenvalue weighted by atomic mass is 10.1. The third-order valence-corrected chi connectivity index (χ3v) is 5.24. The Balaban J connectivity index is 1.90. The first kappa shape index (κ1) is 22.7. The summed E-state index contributed by atoms with van der Waals surface area (Å²) in [6.45, 7) is 6.89. The molecule has 1 aliphatic heterocycles. The van der Waals surface area contributed by atoms with Gasteiger partial charge >= 0.3 is 0 Å². The Morgan fingerprint density at radius 2 is 1.93 bits per heavy atom. The minimum absolute atomic E-state index is 0.247. The Kier molecular flexibility index (Phi) is 9.82. The third kappa shape index (κ3) is 7.46. The zero-order valence-electron chi connectivity index (χ0n) is 16.7. The van der Waals surface area contributed by atoms with Crippen LogP contribution >= 0.6 is 11.9 Å². The van der Waals surface area contributed by atoms with Crippen LogP contribution in [0.25, 0.3) is 6.08 Å². The molecule has 0 bridgehead atoms. The van der Waals surface area contributed by atoms with E-state index in [1.54, 1.807) is 0 Å². The predicted molar refractivity (Wildman–Crippen MR) is 115 cm³/mol. The number of nitriles is 1. The van der Waals surface area contributed by atoms with Crippen LogP contribution in [0.3, 0.4) is 0 Å². The monoisotopic (exact) mass is 405 g/mol. The molecule has 2 rings (SSSR count). The fourth-order valence-corrected chi connectivity index (χ4v) is 3.90. The number of aliphatic hydroxyl groups is 2. The molecule has 0 radical (unpaired) electrons. The summed E-state index contributed by atoms with van der Waals surface area (Å²) in [6, 6.07) is 10.5. The van der Waals surface area contributed by atoms with E-state index in [1.807, 2.05) is 18.2 Å². The third-order valence-electron chi connectivity index (χ3n) is 4.50. The molecule has 6 nitrogen and oxygen atoms in total. The molecule has 1 aromatic carbocycles. The second-order valence-corrected chi connectivity index (χ2v) is 7.92. The van der Waals surface area contributed by atoms with Crippen molar-refractivity contribution in [2.45, 2.75) is 58.0 Å². The average molecular weight is 406 g/mol. The highest BCUT2D eigenvalue weighted by molar-refractivity contribution is 8.01. The van der Waals surface area contributed by atoms with E-state index in [-0.39, 0.29) is 12.5 Å². The lowest BCUT2D eigenvalue weighted by Crippen LogP contribution is -2.39. The highest BCUT2D eigenvalue weighted by Crippen LogP contribution is 2.22. The van der Waals surface area contributed by atoms with E-state index in [4.69, 9.17) is 4.74 Å². The van der Waals surface area contributed by atoms with Crippen molar-refractivity contribution in [1.82, 2.24) is 4.72 Å². The summed E-state index contributed by atoms with van der Waals surface area (Å²) in [7, 11) is 0. The van der Waals surface area contributed by atoms with Gasteiger partial charge in [-0.25, -0.2) is 0 Å². The van der Waals surface area contributed by atoms with E-state index in [0.29, 0.717) is 17.9 Å². The van der Waals surface area contributed by atoms with Gasteiger partial charge in [-0.15, -0.1) is 0 Å². The standard InChI is InChI=1S/C21H31N3O3S/c1-3-9-24(10-4-2)17-7-5-16(6-8-17)11-20(14-22)28-23-15-19-12-18(25)13-21(26)27-19/h5-8,11,18-19,21,23,25-26H,3-4,9-10,12-13,15H2,1-2H3/b20-11+. The maximum Gasteiger partial charge on any atom is 0.157 e. The molecule has 0 aromatic heterocycles. The number of hydrogen-bond acceptors (Lipinski definition) is 7. The fraction of sp³-hybridized carbons (Fsp3) is 0.571. The van der Waals surface area contributed by atoms with E-state index >= 15 is 0 Å². The summed E-state index contributed by atoms with van der Waals surface area (Å²) >= 11 is 1.24. The molecule has 1 aromatic rings. The molecule has 1 aliphatic rings. The van der Waals surface area contributed by atoms with Gasteiger partial charge in [0.05, 0.1) is 12.2 Å². The molecule has 28 heavy (non-hydrogen) atoms. The molecule has 154 valence electrons. The van der Waals surface area contributed by atoms with Crippen LogP contribution in [0.2, 0.25) is 0 Å². The van der Waals surface area contributed by atoms with Gasteiger partial charge in [0.1, 0.15) is 11.0 Å². The number of hydrogen-bond donors (Lipinski definition) is 3. The van der Waals surface area contributed by atoms with Gasteiger partial charge in [-0.05, 0) is 48.6 Å². The molecule has 1 saturated heterocycles. The van der Waals surface area contributed by atoms with Crippen LogP contribution in [0.4, 0.5) is 5.69 Å². The van der Waals surface area contributed by atoms with Crippen LogP contribution in [-0.4, -0.2) is 48.3 Å². The first-order chi connectivity index (χ1) is 13.5. The number of nitrogens with one attached hydrogen (secondary N) is 1. The van der Waals surface area contributed by atoms with Crippen molar-refractivity contribution in [2.75, 3.05) is 24.5 Å². The van der Waals surface area contributed by atoms with Crippen LogP contribution in [0.1, 0.15) is 45.1 Å². The van der Waals surface area contributed by atoms with Crippen molar-refractivity contribution in [3.05, 3.63) is 34.7 Å². The molecule has 3 N–H and O–H groups in total.